The molecule has 0 aliphatic heterocycles. The van der Waals surface area contributed by atoms with Gasteiger partial charge in [-0.25, -0.2) is 0 Å². The van der Waals surface area contributed by atoms with E-state index in [1.54, 1.807) is 0 Å². The molecule has 3 unspecified atom stereocenters. The van der Waals surface area contributed by atoms with Crippen molar-refractivity contribution in [2.24, 2.45) is 28.6 Å². The predicted molar refractivity (Wildman–Crippen MR) is 98.5 cm³/mol. The van der Waals surface area contributed by atoms with E-state index in [-0.39, 0.29) is 41.0 Å². The van der Waals surface area contributed by atoms with Crippen LogP contribution < -0.4 is 9.79 Å². The Kier molecular flexibility index (Phi) is 12.3. The molecule has 0 N–H and O–H groups in total. The van der Waals surface area contributed by atoms with E-state index in [0.717, 1.165) is 25.7 Å². The molecule has 0 heterocycles. The molecule has 0 aromatic heterocycles. The van der Waals surface area contributed by atoms with E-state index in [2.05, 4.69) is 59.9 Å². The van der Waals surface area contributed by atoms with Gasteiger partial charge in [0, 0.05) is 0 Å². The molecule has 0 aliphatic rings. The van der Waals surface area contributed by atoms with Crippen LogP contribution in [0.15, 0.2) is 0 Å². The second-order valence-electron chi connectivity index (χ2n) is 9.69. The van der Waals surface area contributed by atoms with E-state index in [1.165, 1.54) is 0 Å². The fraction of sp³-hybridized carbons (Fsp3) is 1.00. The molecule has 0 bridgehead atoms. The molecule has 140 valence electrons. The molecule has 0 rings (SSSR count). The molecule has 0 aromatic carbocycles. The quantitative estimate of drug-likeness (QED) is 0.453. The average molecular weight is 373 g/mol. The first-order chi connectivity index (χ1) is 10.1. The minimum Gasteiger partial charge on any atom is -0.790 e. The Morgan fingerprint density at radius 1 is 0.917 bits per heavy atom. The van der Waals surface area contributed by atoms with Gasteiger partial charge in [0.25, 0.3) is 0 Å². The van der Waals surface area contributed by atoms with E-state index in [9.17, 15) is 14.4 Å². The molecule has 0 aliphatic carbocycles. The largest absolute Gasteiger partial charge is 2.00 e. The molecule has 0 saturated heterocycles. The van der Waals surface area contributed by atoms with E-state index in [4.69, 9.17) is 0 Å². The Hall–Kier alpha value is 0.876. The van der Waals surface area contributed by atoms with Gasteiger partial charge in [-0.15, -0.1) is 0 Å². The summed E-state index contributed by atoms with van der Waals surface area (Å²) in [5, 5.41) is 0. The first-order valence-corrected chi connectivity index (χ1v) is 10.2. The van der Waals surface area contributed by atoms with Crippen LogP contribution in [0.3, 0.4) is 0 Å². The predicted octanol–water partition coefficient (Wildman–Crippen LogP) is 3.99. The molecule has 0 aromatic rings. The first kappa shape index (κ1) is 27.1. The van der Waals surface area contributed by atoms with Gasteiger partial charge in [0.1, 0.15) is 0 Å². The van der Waals surface area contributed by atoms with Crippen molar-refractivity contribution in [1.82, 2.24) is 0 Å². The van der Waals surface area contributed by atoms with Crippen LogP contribution in [0, 0.1) is 28.6 Å². The monoisotopic (exact) mass is 372 g/mol. The number of phosphoric ester groups is 1. The SMILES string of the molecule is CC(CCC(COP(=O)([O-])[O-])C(C)CC(C)(C)C)CC(C)(C)C.[Mg+2]. The summed E-state index contributed by atoms with van der Waals surface area (Å²) in [4.78, 5) is 21.6. The average Bonchev–Trinajstić information content (AvgIpc) is 2.21. The van der Waals surface area contributed by atoms with Crippen LogP contribution in [0.4, 0.5) is 0 Å². The van der Waals surface area contributed by atoms with Gasteiger partial charge in [-0.1, -0.05) is 61.8 Å². The molecular weight excluding hydrogens is 335 g/mol. The molecule has 0 spiro atoms. The number of hydrogen-bond acceptors (Lipinski definition) is 4. The van der Waals surface area contributed by atoms with Gasteiger partial charge in [-0.2, -0.15) is 0 Å². The molecule has 0 saturated carbocycles. The number of rotatable bonds is 9. The van der Waals surface area contributed by atoms with Crippen LogP contribution in [0.5, 0.6) is 0 Å². The van der Waals surface area contributed by atoms with Crippen LogP contribution in [0.25, 0.3) is 0 Å². The number of phosphoric acid groups is 1. The zero-order valence-electron chi connectivity index (χ0n) is 17.1. The third-order valence-corrected chi connectivity index (χ3v) is 4.64. The summed E-state index contributed by atoms with van der Waals surface area (Å²) >= 11 is 0. The van der Waals surface area contributed by atoms with E-state index in [1.807, 2.05) is 0 Å². The van der Waals surface area contributed by atoms with Gasteiger partial charge < -0.3 is 18.9 Å². The minimum absolute atomic E-state index is 0. The standard InChI is InChI=1S/C18H39O4P.Mg/c1-14(11-17(3,4)5)9-10-16(13-22-23(19,20)21)15(2)12-18(6,7)8;/h14-16H,9-13H2,1-8H3,(H2,19,20,21);/q;+2/p-2. The Balaban J connectivity index is 0. The third-order valence-electron chi connectivity index (χ3n) is 4.18. The normalized spacial score (nSPS) is 17.1. The molecule has 0 radical (unpaired) electrons. The third kappa shape index (κ3) is 16.4. The molecule has 24 heavy (non-hydrogen) atoms. The zero-order chi connectivity index (χ0) is 18.5. The van der Waals surface area contributed by atoms with Crippen molar-refractivity contribution in [1.29, 1.82) is 0 Å². The Bertz CT molecular complexity index is 381. The molecule has 4 nitrogen and oxygen atoms in total. The van der Waals surface area contributed by atoms with Crippen molar-refractivity contribution < 1.29 is 18.9 Å². The van der Waals surface area contributed by atoms with Crippen LogP contribution in [-0.2, 0) is 9.09 Å². The van der Waals surface area contributed by atoms with E-state index >= 15 is 0 Å². The first-order valence-electron chi connectivity index (χ1n) is 8.76. The van der Waals surface area contributed by atoms with Crippen molar-refractivity contribution in [2.75, 3.05) is 6.61 Å². The van der Waals surface area contributed by atoms with Crippen molar-refractivity contribution >= 4 is 30.9 Å². The second-order valence-corrected chi connectivity index (χ2v) is 10.8. The van der Waals surface area contributed by atoms with Crippen molar-refractivity contribution in [3.63, 3.8) is 0 Å². The van der Waals surface area contributed by atoms with Crippen LogP contribution in [-0.4, -0.2) is 29.7 Å². The van der Waals surface area contributed by atoms with Crippen molar-refractivity contribution in [2.45, 2.75) is 81.1 Å². The zero-order valence-corrected chi connectivity index (χ0v) is 19.4. The second kappa shape index (κ2) is 10.9. The van der Waals surface area contributed by atoms with Crippen LogP contribution in [0.1, 0.15) is 81.1 Å². The summed E-state index contributed by atoms with van der Waals surface area (Å²) < 4.78 is 15.4. The Morgan fingerprint density at radius 2 is 1.38 bits per heavy atom. The molecule has 3 atom stereocenters. The van der Waals surface area contributed by atoms with Crippen LogP contribution >= 0.6 is 7.82 Å². The van der Waals surface area contributed by atoms with Gasteiger partial charge in [0.15, 0.2) is 0 Å². The Labute approximate surface area is 165 Å². The molecular formula is C18H37MgO4P. The maximum absolute atomic E-state index is 10.8. The van der Waals surface area contributed by atoms with E-state index in [0.29, 0.717) is 17.3 Å². The van der Waals surface area contributed by atoms with Gasteiger partial charge in [0.2, 0.25) is 0 Å². The van der Waals surface area contributed by atoms with Gasteiger partial charge in [-0.3, -0.25) is 0 Å². The summed E-state index contributed by atoms with van der Waals surface area (Å²) in [5.41, 5.74) is 0.468. The summed E-state index contributed by atoms with van der Waals surface area (Å²) in [6.07, 6.45) is 4.04. The molecule has 0 fully saturated rings. The maximum Gasteiger partial charge on any atom is 2.00 e. The summed E-state index contributed by atoms with van der Waals surface area (Å²) in [5.74, 6) is 1.00. The smallest absolute Gasteiger partial charge is 0.790 e. The molecule has 0 amide bonds. The van der Waals surface area contributed by atoms with E-state index < -0.39 is 7.82 Å². The van der Waals surface area contributed by atoms with Gasteiger partial charge in [0.05, 0.1) is 14.4 Å². The minimum atomic E-state index is -4.89. The summed E-state index contributed by atoms with van der Waals surface area (Å²) in [7, 11) is -4.89. The topological polar surface area (TPSA) is 72.4 Å². The van der Waals surface area contributed by atoms with Gasteiger partial charge in [-0.05, 0) is 47.8 Å². The van der Waals surface area contributed by atoms with Crippen molar-refractivity contribution in [3.8, 4) is 0 Å². The summed E-state index contributed by atoms with van der Waals surface area (Å²) in [6.45, 7) is 17.6. The summed E-state index contributed by atoms with van der Waals surface area (Å²) in [6, 6.07) is 0. The molecule has 6 heteroatoms. The van der Waals surface area contributed by atoms with Gasteiger partial charge >= 0.3 is 23.1 Å². The Morgan fingerprint density at radius 3 is 1.75 bits per heavy atom. The van der Waals surface area contributed by atoms with Crippen molar-refractivity contribution in [3.05, 3.63) is 0 Å². The maximum atomic E-state index is 10.8. The fourth-order valence-corrected chi connectivity index (χ4v) is 3.87. The number of hydrogen-bond donors (Lipinski definition) is 0. The fourth-order valence-electron chi connectivity index (χ4n) is 3.50. The van der Waals surface area contributed by atoms with Crippen LogP contribution in [0.2, 0.25) is 0 Å².